The van der Waals surface area contributed by atoms with Crippen molar-refractivity contribution in [3.63, 3.8) is 0 Å². The van der Waals surface area contributed by atoms with Crippen LogP contribution >= 0.6 is 0 Å². The molecule has 0 saturated carbocycles. The molecule has 9 heteroatoms. The molecule has 95 valence electrons. The van der Waals surface area contributed by atoms with Crippen LogP contribution in [0.15, 0.2) is 23.5 Å². The molecule has 17 heavy (non-hydrogen) atoms. The van der Waals surface area contributed by atoms with Gasteiger partial charge in [0.05, 0.1) is 0 Å². The summed E-state index contributed by atoms with van der Waals surface area (Å²) in [5.41, 5.74) is 9.68. The third kappa shape index (κ3) is 3.87. The van der Waals surface area contributed by atoms with Crippen LogP contribution in [0.1, 0.15) is 0 Å². The SMILES string of the molecule is NC1=C(N)C(=O)NC1=O.O=C1C=CC(=O)N1.[Ag]. The summed E-state index contributed by atoms with van der Waals surface area (Å²) >= 11 is 0. The molecule has 8 nitrogen and oxygen atoms in total. The second-order valence-corrected chi connectivity index (χ2v) is 2.80. The van der Waals surface area contributed by atoms with Crippen molar-refractivity contribution in [3.05, 3.63) is 23.5 Å². The molecule has 0 spiro atoms. The molecule has 0 unspecified atom stereocenters. The number of amides is 4. The Labute approximate surface area is 111 Å². The number of carbonyl (C=O) groups is 4. The van der Waals surface area contributed by atoms with Crippen LogP contribution in [0.2, 0.25) is 0 Å². The summed E-state index contributed by atoms with van der Waals surface area (Å²) in [7, 11) is 0. The second kappa shape index (κ2) is 5.99. The van der Waals surface area contributed by atoms with Gasteiger partial charge < -0.3 is 11.5 Å². The van der Waals surface area contributed by atoms with E-state index in [1.165, 1.54) is 12.2 Å². The minimum Gasteiger partial charge on any atom is -0.392 e. The molecule has 1 radical (unpaired) electrons. The van der Waals surface area contributed by atoms with Crippen molar-refractivity contribution in [3.8, 4) is 0 Å². The standard InChI is InChI=1S/C4H5N3O2.C4H3NO2.Ag/c5-1-2(6)4(9)7-3(1)8;6-3-1-2-4(7)5-3;/h(H5,5,6,7,8,9);1-2H,(H,5,6,7);. The zero-order chi connectivity index (χ0) is 12.3. The van der Waals surface area contributed by atoms with E-state index in [0.717, 1.165) is 0 Å². The van der Waals surface area contributed by atoms with E-state index in [1.54, 1.807) is 0 Å². The molecule has 0 aromatic rings. The predicted octanol–water partition coefficient (Wildman–Crippen LogP) is -3.03. The van der Waals surface area contributed by atoms with Gasteiger partial charge in [0.15, 0.2) is 0 Å². The Hall–Kier alpha value is -1.90. The molecule has 0 aromatic heterocycles. The Morgan fingerprint density at radius 2 is 1.12 bits per heavy atom. The van der Waals surface area contributed by atoms with Gasteiger partial charge in [-0.2, -0.15) is 0 Å². The Kier molecular flexibility index (Phi) is 5.32. The van der Waals surface area contributed by atoms with Gasteiger partial charge >= 0.3 is 0 Å². The maximum atomic E-state index is 10.4. The zero-order valence-corrected chi connectivity index (χ0v) is 9.73. The van der Waals surface area contributed by atoms with Gasteiger partial charge in [-0.1, -0.05) is 0 Å². The molecule has 6 N–H and O–H groups in total. The maximum Gasteiger partial charge on any atom is 0.276 e. The Bertz CT molecular complexity index is 416. The van der Waals surface area contributed by atoms with Crippen LogP contribution in [-0.2, 0) is 41.6 Å². The molecule has 2 aliphatic heterocycles. The molecular weight excluding hydrogens is 324 g/mol. The first kappa shape index (κ1) is 15.1. The van der Waals surface area contributed by atoms with Crippen LogP contribution in [0.25, 0.3) is 0 Å². The van der Waals surface area contributed by atoms with Crippen molar-refractivity contribution in [2.24, 2.45) is 11.5 Å². The van der Waals surface area contributed by atoms with Gasteiger partial charge in [-0.15, -0.1) is 0 Å². The van der Waals surface area contributed by atoms with Crippen LogP contribution < -0.4 is 22.1 Å². The third-order valence-corrected chi connectivity index (χ3v) is 1.64. The van der Waals surface area contributed by atoms with Crippen LogP contribution in [0, 0.1) is 0 Å². The van der Waals surface area contributed by atoms with Gasteiger partial charge in [0, 0.05) is 34.5 Å². The fraction of sp³-hybridized carbons (Fsp3) is 0. The first-order chi connectivity index (χ1) is 7.41. The Morgan fingerprint density at radius 3 is 1.24 bits per heavy atom. The molecule has 4 amide bonds. The minimum atomic E-state index is -0.613. The molecule has 2 rings (SSSR count). The van der Waals surface area contributed by atoms with Gasteiger partial charge in [0.25, 0.3) is 23.6 Å². The number of carbonyl (C=O) groups excluding carboxylic acids is 4. The maximum absolute atomic E-state index is 10.4. The van der Waals surface area contributed by atoms with Crippen molar-refractivity contribution in [2.75, 3.05) is 0 Å². The second-order valence-electron chi connectivity index (χ2n) is 2.80. The smallest absolute Gasteiger partial charge is 0.276 e. The number of imide groups is 2. The van der Waals surface area contributed by atoms with Gasteiger partial charge in [0.1, 0.15) is 11.4 Å². The number of hydrogen-bond acceptors (Lipinski definition) is 6. The van der Waals surface area contributed by atoms with Crippen LogP contribution in [0.4, 0.5) is 0 Å². The van der Waals surface area contributed by atoms with Crippen molar-refractivity contribution < 1.29 is 41.6 Å². The number of nitrogens with one attached hydrogen (secondary N) is 2. The van der Waals surface area contributed by atoms with Crippen LogP contribution in [0.3, 0.4) is 0 Å². The summed E-state index contributed by atoms with van der Waals surface area (Å²) < 4.78 is 0. The fourth-order valence-electron chi connectivity index (χ4n) is 0.839. The molecule has 2 heterocycles. The summed E-state index contributed by atoms with van der Waals surface area (Å²) in [5.74, 6) is -1.88. The zero-order valence-electron chi connectivity index (χ0n) is 8.24. The quantitative estimate of drug-likeness (QED) is 0.274. The van der Waals surface area contributed by atoms with E-state index < -0.39 is 11.8 Å². The summed E-state index contributed by atoms with van der Waals surface area (Å²) in [6.45, 7) is 0. The topological polar surface area (TPSA) is 144 Å². The first-order valence-electron chi connectivity index (χ1n) is 4.05. The summed E-state index contributed by atoms with van der Waals surface area (Å²) in [6.07, 6.45) is 2.39. The van der Waals surface area contributed by atoms with E-state index >= 15 is 0 Å². The van der Waals surface area contributed by atoms with E-state index in [2.05, 4.69) is 0 Å². The fourth-order valence-corrected chi connectivity index (χ4v) is 0.839. The monoisotopic (exact) mass is 331 g/mol. The third-order valence-electron chi connectivity index (χ3n) is 1.64. The van der Waals surface area contributed by atoms with Crippen molar-refractivity contribution >= 4 is 23.6 Å². The summed E-state index contributed by atoms with van der Waals surface area (Å²) in [6, 6.07) is 0. The average molecular weight is 332 g/mol. The van der Waals surface area contributed by atoms with Crippen molar-refractivity contribution in [1.82, 2.24) is 10.6 Å². The average Bonchev–Trinajstić information content (AvgIpc) is 2.68. The Morgan fingerprint density at radius 1 is 0.765 bits per heavy atom. The van der Waals surface area contributed by atoms with Crippen molar-refractivity contribution in [1.29, 1.82) is 0 Å². The van der Waals surface area contributed by atoms with Gasteiger partial charge in [-0.05, 0) is 0 Å². The van der Waals surface area contributed by atoms with E-state index in [-0.39, 0.29) is 45.6 Å². The molecule has 2 aliphatic rings. The summed E-state index contributed by atoms with van der Waals surface area (Å²) in [5, 5.41) is 3.94. The molecule has 0 fully saturated rings. The number of rotatable bonds is 0. The Balaban J connectivity index is 0.000000292. The predicted molar refractivity (Wildman–Crippen MR) is 50.8 cm³/mol. The van der Waals surface area contributed by atoms with E-state index in [1.807, 2.05) is 10.6 Å². The minimum absolute atomic E-state index is 0. The number of nitrogens with two attached hydrogens (primary N) is 2. The molecule has 0 atom stereocenters. The molecule has 0 aliphatic carbocycles. The van der Waals surface area contributed by atoms with E-state index in [4.69, 9.17) is 11.5 Å². The molecule has 0 bridgehead atoms. The van der Waals surface area contributed by atoms with E-state index in [0.29, 0.717) is 0 Å². The normalized spacial score (nSPS) is 17.2. The molecular formula is C8H8AgN4O4. The van der Waals surface area contributed by atoms with Crippen LogP contribution in [0.5, 0.6) is 0 Å². The largest absolute Gasteiger partial charge is 0.392 e. The van der Waals surface area contributed by atoms with Gasteiger partial charge in [-0.3, -0.25) is 29.8 Å². The molecule has 0 aromatic carbocycles. The molecule has 0 saturated heterocycles. The van der Waals surface area contributed by atoms with Gasteiger partial charge in [0.2, 0.25) is 0 Å². The van der Waals surface area contributed by atoms with Gasteiger partial charge in [-0.25, -0.2) is 0 Å². The van der Waals surface area contributed by atoms with Crippen LogP contribution in [-0.4, -0.2) is 23.6 Å². The summed E-state index contributed by atoms with van der Waals surface area (Å²) in [4.78, 5) is 40.9. The van der Waals surface area contributed by atoms with E-state index in [9.17, 15) is 19.2 Å². The first-order valence-corrected chi connectivity index (χ1v) is 4.05. The van der Waals surface area contributed by atoms with Crippen molar-refractivity contribution in [2.45, 2.75) is 0 Å². The number of hydrogen-bond donors (Lipinski definition) is 4.